The Morgan fingerprint density at radius 2 is 1.70 bits per heavy atom. The highest BCUT2D eigenvalue weighted by atomic mass is 35.5. The molecule has 1 amide bonds. The SMILES string of the molecule is COc1cc2ncnc(Nc3ccc(F)c(Cl)c3)c2cc1OC1CCN(C(=O)OC(C)(C)C)CC1.COc1ccc2cncnc2c1. The number of hydrogen-bond acceptors (Lipinski definition) is 10. The smallest absolute Gasteiger partial charge is 0.410 e. The summed E-state index contributed by atoms with van der Waals surface area (Å²) in [6.45, 7) is 6.63. The number of hydrogen-bond donors (Lipinski definition) is 1. The van der Waals surface area contributed by atoms with Gasteiger partial charge in [-0.1, -0.05) is 11.6 Å². The van der Waals surface area contributed by atoms with Crippen LogP contribution in [-0.2, 0) is 4.74 Å². The molecule has 13 heteroatoms. The van der Waals surface area contributed by atoms with E-state index in [4.69, 9.17) is 30.5 Å². The van der Waals surface area contributed by atoms with Gasteiger partial charge in [-0.3, -0.25) is 0 Å². The third kappa shape index (κ3) is 8.64. The molecule has 0 saturated carbocycles. The Labute approximate surface area is 277 Å². The molecule has 1 aliphatic rings. The molecule has 0 bridgehead atoms. The third-order valence-electron chi connectivity index (χ3n) is 7.21. The van der Waals surface area contributed by atoms with Gasteiger partial charge >= 0.3 is 6.09 Å². The van der Waals surface area contributed by atoms with E-state index >= 15 is 0 Å². The molecular formula is C34H36ClFN6O5. The molecule has 2 aromatic heterocycles. The van der Waals surface area contributed by atoms with Crippen LogP contribution in [-0.4, -0.2) is 69.9 Å². The highest BCUT2D eigenvalue weighted by molar-refractivity contribution is 6.31. The highest BCUT2D eigenvalue weighted by Crippen LogP contribution is 2.36. The van der Waals surface area contributed by atoms with Crippen molar-refractivity contribution in [1.29, 1.82) is 0 Å². The predicted molar refractivity (Wildman–Crippen MR) is 178 cm³/mol. The Balaban J connectivity index is 0.000000301. The van der Waals surface area contributed by atoms with Crippen molar-refractivity contribution in [2.24, 2.45) is 0 Å². The molecule has 3 heterocycles. The Bertz CT molecular complexity index is 1860. The molecule has 47 heavy (non-hydrogen) atoms. The van der Waals surface area contributed by atoms with Crippen molar-refractivity contribution in [2.45, 2.75) is 45.3 Å². The first-order valence-corrected chi connectivity index (χ1v) is 15.3. The summed E-state index contributed by atoms with van der Waals surface area (Å²) in [5, 5.41) is 4.90. The molecule has 0 unspecified atom stereocenters. The number of halogens is 2. The minimum atomic E-state index is -0.532. The van der Waals surface area contributed by atoms with Crippen LogP contribution in [0.4, 0.5) is 20.7 Å². The van der Waals surface area contributed by atoms with Crippen LogP contribution in [0.2, 0.25) is 5.02 Å². The fourth-order valence-electron chi connectivity index (χ4n) is 4.87. The highest BCUT2D eigenvalue weighted by Gasteiger charge is 2.28. The van der Waals surface area contributed by atoms with Crippen LogP contribution < -0.4 is 19.5 Å². The molecule has 1 N–H and O–H groups in total. The summed E-state index contributed by atoms with van der Waals surface area (Å²) in [4.78, 5) is 30.7. The van der Waals surface area contributed by atoms with Crippen LogP contribution in [0.5, 0.6) is 17.2 Å². The van der Waals surface area contributed by atoms with Crippen LogP contribution >= 0.6 is 11.6 Å². The summed E-state index contributed by atoms with van der Waals surface area (Å²) in [6, 6.07) is 13.7. The van der Waals surface area contributed by atoms with Crippen molar-refractivity contribution >= 4 is 51.0 Å². The Hall–Kier alpha value is -4.97. The number of anilines is 2. The number of likely N-dealkylation sites (tertiary alicyclic amines) is 1. The minimum absolute atomic E-state index is 0.0109. The zero-order valence-corrected chi connectivity index (χ0v) is 27.5. The Kier molecular flexibility index (Phi) is 10.4. The van der Waals surface area contributed by atoms with Crippen molar-refractivity contribution in [3.05, 3.63) is 78.2 Å². The van der Waals surface area contributed by atoms with Crippen LogP contribution in [0.15, 0.2) is 67.4 Å². The molecule has 246 valence electrons. The Morgan fingerprint density at radius 3 is 2.40 bits per heavy atom. The van der Waals surface area contributed by atoms with E-state index in [0.29, 0.717) is 59.8 Å². The first kappa shape index (κ1) is 33.4. The second-order valence-corrected chi connectivity index (χ2v) is 12.1. The van der Waals surface area contributed by atoms with Crippen molar-refractivity contribution in [3.8, 4) is 17.2 Å². The lowest BCUT2D eigenvalue weighted by molar-refractivity contribution is 0.0124. The molecular weight excluding hydrogens is 627 g/mol. The lowest BCUT2D eigenvalue weighted by Crippen LogP contribution is -2.44. The molecule has 5 aromatic rings. The van der Waals surface area contributed by atoms with E-state index in [0.717, 1.165) is 16.7 Å². The number of aromatic nitrogens is 4. The van der Waals surface area contributed by atoms with Gasteiger partial charge in [-0.15, -0.1) is 0 Å². The topological polar surface area (TPSA) is 121 Å². The van der Waals surface area contributed by atoms with Gasteiger partial charge < -0.3 is 29.2 Å². The predicted octanol–water partition coefficient (Wildman–Crippen LogP) is 7.59. The van der Waals surface area contributed by atoms with Gasteiger partial charge in [-0.25, -0.2) is 29.1 Å². The number of fused-ring (bicyclic) bond motifs is 2. The summed E-state index contributed by atoms with van der Waals surface area (Å²) < 4.78 is 35.9. The molecule has 0 atom stereocenters. The van der Waals surface area contributed by atoms with Gasteiger partial charge in [0.25, 0.3) is 0 Å². The monoisotopic (exact) mass is 662 g/mol. The molecule has 11 nitrogen and oxygen atoms in total. The number of ether oxygens (including phenoxy) is 4. The van der Waals surface area contributed by atoms with E-state index in [1.165, 1.54) is 24.8 Å². The first-order chi connectivity index (χ1) is 22.5. The second-order valence-electron chi connectivity index (χ2n) is 11.7. The number of benzene rings is 3. The van der Waals surface area contributed by atoms with Crippen molar-refractivity contribution < 1.29 is 28.1 Å². The summed E-state index contributed by atoms with van der Waals surface area (Å²) in [6.07, 6.45) is 5.65. The van der Waals surface area contributed by atoms with Gasteiger partial charge in [0.1, 0.15) is 41.7 Å². The van der Waals surface area contributed by atoms with Crippen molar-refractivity contribution in [3.63, 3.8) is 0 Å². The van der Waals surface area contributed by atoms with Gasteiger partial charge in [-0.2, -0.15) is 0 Å². The van der Waals surface area contributed by atoms with Gasteiger partial charge in [0.2, 0.25) is 0 Å². The van der Waals surface area contributed by atoms with Crippen molar-refractivity contribution in [1.82, 2.24) is 24.8 Å². The van der Waals surface area contributed by atoms with E-state index < -0.39 is 11.4 Å². The van der Waals surface area contributed by atoms with E-state index in [1.807, 2.05) is 45.0 Å². The molecule has 1 aliphatic heterocycles. The summed E-state index contributed by atoms with van der Waals surface area (Å²) in [5.74, 6) is 1.93. The maximum atomic E-state index is 13.5. The van der Waals surface area contributed by atoms with Crippen LogP contribution in [0, 0.1) is 5.82 Å². The van der Waals surface area contributed by atoms with Crippen molar-refractivity contribution in [2.75, 3.05) is 32.6 Å². The van der Waals surface area contributed by atoms with Crippen LogP contribution in [0.25, 0.3) is 21.8 Å². The normalized spacial score (nSPS) is 13.5. The molecule has 0 radical (unpaired) electrons. The molecule has 0 aliphatic carbocycles. The fraction of sp³-hybridized carbons (Fsp3) is 0.324. The standard InChI is InChI=1S/C25H28ClFN4O4.C9H8N2O/c1-25(2,3)35-24(32)31-9-7-16(8-10-31)34-22-12-17-20(13-21(22)33-4)28-14-29-23(17)30-15-5-6-19(27)18(26)11-15;1-12-8-3-2-7-5-10-6-11-9(7)4-8/h5-6,11-14,16H,7-10H2,1-4H3,(H,28,29,30);2-6H,1H3. The average molecular weight is 663 g/mol. The molecule has 1 saturated heterocycles. The van der Waals surface area contributed by atoms with Gasteiger partial charge in [0, 0.05) is 60.7 Å². The Morgan fingerprint density at radius 1 is 0.936 bits per heavy atom. The zero-order valence-electron chi connectivity index (χ0n) is 26.8. The van der Waals surface area contributed by atoms with Gasteiger partial charge in [-0.05, 0) is 57.2 Å². The number of piperidine rings is 1. The van der Waals surface area contributed by atoms with Crippen LogP contribution in [0.3, 0.4) is 0 Å². The maximum absolute atomic E-state index is 13.5. The number of nitrogens with one attached hydrogen (secondary N) is 1. The van der Waals surface area contributed by atoms with E-state index in [-0.39, 0.29) is 17.2 Å². The second kappa shape index (κ2) is 14.6. The average Bonchev–Trinajstić information content (AvgIpc) is 3.06. The van der Waals surface area contributed by atoms with Crippen LogP contribution in [0.1, 0.15) is 33.6 Å². The zero-order chi connectivity index (χ0) is 33.6. The molecule has 1 fully saturated rings. The minimum Gasteiger partial charge on any atom is -0.497 e. The number of carbonyl (C=O) groups excluding carboxylic acids is 1. The van der Waals surface area contributed by atoms with Gasteiger partial charge in [0.05, 0.1) is 30.3 Å². The molecule has 3 aromatic carbocycles. The first-order valence-electron chi connectivity index (χ1n) is 15.0. The fourth-order valence-corrected chi connectivity index (χ4v) is 5.05. The van der Waals surface area contributed by atoms with E-state index in [2.05, 4.69) is 25.3 Å². The number of nitrogens with zero attached hydrogens (tertiary/aromatic N) is 5. The number of methoxy groups -OCH3 is 2. The summed E-state index contributed by atoms with van der Waals surface area (Å²) in [7, 11) is 3.21. The largest absolute Gasteiger partial charge is 0.497 e. The summed E-state index contributed by atoms with van der Waals surface area (Å²) >= 11 is 5.92. The van der Waals surface area contributed by atoms with E-state index in [9.17, 15) is 9.18 Å². The number of rotatable bonds is 6. The molecule has 0 spiro atoms. The lowest BCUT2D eigenvalue weighted by atomic mass is 10.1. The quantitative estimate of drug-likeness (QED) is 0.195. The molecule has 6 rings (SSSR count). The number of carbonyl (C=O) groups is 1. The maximum Gasteiger partial charge on any atom is 0.410 e. The van der Waals surface area contributed by atoms with Gasteiger partial charge in [0.15, 0.2) is 11.5 Å². The number of amides is 1. The van der Waals surface area contributed by atoms with E-state index in [1.54, 1.807) is 37.4 Å². The summed E-state index contributed by atoms with van der Waals surface area (Å²) in [5.41, 5.74) is 1.61. The third-order valence-corrected chi connectivity index (χ3v) is 7.49. The lowest BCUT2D eigenvalue weighted by Gasteiger charge is -2.33.